The van der Waals surface area contributed by atoms with E-state index in [-0.39, 0.29) is 53.0 Å². The van der Waals surface area contributed by atoms with Crippen LogP contribution in [0.15, 0.2) is 91.3 Å². The summed E-state index contributed by atoms with van der Waals surface area (Å²) in [5.74, 6) is 3.45. The van der Waals surface area contributed by atoms with Crippen molar-refractivity contribution in [1.82, 2.24) is 19.5 Å². The Kier molecular flexibility index (Phi) is 8.79. The van der Waals surface area contributed by atoms with Crippen molar-refractivity contribution in [2.45, 2.75) is 32.1 Å². The molecular formula is C38H27F3N4O4. The van der Waals surface area contributed by atoms with Crippen molar-refractivity contribution < 1.29 is 32.5 Å². The number of carbonyl (C=O) groups is 1. The Hall–Kier alpha value is -5.99. The number of halogens is 3. The smallest absolute Gasteiger partial charge is 0.335 e. The maximum absolute atomic E-state index is 15.6. The zero-order valence-electron chi connectivity index (χ0n) is 25.9. The number of fused-ring (bicyclic) bond motifs is 1. The number of imidazole rings is 1. The van der Waals surface area contributed by atoms with Gasteiger partial charge in [0.15, 0.2) is 0 Å². The fraction of sp³-hybridized carbons (Fsp3) is 0.158. The number of carboxylic acid groups (broad SMARTS) is 1. The Balaban J connectivity index is 1.08. The van der Waals surface area contributed by atoms with Gasteiger partial charge in [0.25, 0.3) is 0 Å². The minimum Gasteiger partial charge on any atom is -0.478 e. The first-order valence-corrected chi connectivity index (χ1v) is 15.4. The molecule has 4 heterocycles. The molecule has 3 aromatic carbocycles. The topological polar surface area (TPSA) is 99.4 Å². The molecule has 0 amide bonds. The molecule has 0 saturated carbocycles. The second-order valence-corrected chi connectivity index (χ2v) is 11.5. The maximum atomic E-state index is 15.6. The molecule has 11 heteroatoms. The van der Waals surface area contributed by atoms with Crippen molar-refractivity contribution in [3.63, 3.8) is 0 Å². The number of carboxylic acids is 1. The predicted octanol–water partition coefficient (Wildman–Crippen LogP) is 6.97. The normalized spacial score (nSPS) is 13.8. The number of nitrogens with zero attached hydrogens (tertiary/aromatic N) is 4. The summed E-state index contributed by atoms with van der Waals surface area (Å²) in [4.78, 5) is 24.6. The molecule has 244 valence electrons. The third-order valence-corrected chi connectivity index (χ3v) is 8.18. The first kappa shape index (κ1) is 31.6. The van der Waals surface area contributed by atoms with E-state index < -0.39 is 23.4 Å². The van der Waals surface area contributed by atoms with Crippen molar-refractivity contribution >= 4 is 17.0 Å². The van der Waals surface area contributed by atoms with Crippen molar-refractivity contribution in [2.75, 3.05) is 6.61 Å². The van der Waals surface area contributed by atoms with Crippen LogP contribution in [0.1, 0.15) is 44.9 Å². The van der Waals surface area contributed by atoms with E-state index in [1.54, 1.807) is 54.9 Å². The van der Waals surface area contributed by atoms with Gasteiger partial charge in [-0.25, -0.2) is 27.9 Å². The van der Waals surface area contributed by atoms with Crippen LogP contribution in [0.3, 0.4) is 0 Å². The number of hydrogen-bond acceptors (Lipinski definition) is 6. The van der Waals surface area contributed by atoms with Gasteiger partial charge in [-0.3, -0.25) is 4.98 Å². The van der Waals surface area contributed by atoms with Crippen LogP contribution in [-0.2, 0) is 24.3 Å². The monoisotopic (exact) mass is 660 g/mol. The average Bonchev–Trinajstić information content (AvgIpc) is 3.42. The molecule has 1 atom stereocenters. The van der Waals surface area contributed by atoms with E-state index in [1.165, 1.54) is 24.3 Å². The lowest BCUT2D eigenvalue weighted by Crippen LogP contribution is -2.31. The van der Waals surface area contributed by atoms with Crippen LogP contribution >= 0.6 is 0 Å². The predicted molar refractivity (Wildman–Crippen MR) is 174 cm³/mol. The molecule has 3 aromatic heterocycles. The highest BCUT2D eigenvalue weighted by atomic mass is 19.1. The Morgan fingerprint density at radius 1 is 0.918 bits per heavy atom. The van der Waals surface area contributed by atoms with E-state index in [1.807, 2.05) is 4.57 Å². The molecule has 8 nitrogen and oxygen atoms in total. The Morgan fingerprint density at radius 2 is 1.76 bits per heavy atom. The molecule has 49 heavy (non-hydrogen) atoms. The van der Waals surface area contributed by atoms with Crippen LogP contribution in [0.4, 0.5) is 13.2 Å². The number of benzene rings is 3. The van der Waals surface area contributed by atoms with Crippen LogP contribution in [0, 0.1) is 29.3 Å². The van der Waals surface area contributed by atoms with Gasteiger partial charge in [-0.15, -0.1) is 0 Å². The third-order valence-electron chi connectivity index (χ3n) is 8.18. The quantitative estimate of drug-likeness (QED) is 0.167. The van der Waals surface area contributed by atoms with Crippen LogP contribution in [0.5, 0.6) is 5.88 Å². The van der Waals surface area contributed by atoms with E-state index in [0.717, 1.165) is 18.6 Å². The summed E-state index contributed by atoms with van der Waals surface area (Å²) in [7, 11) is 0. The summed E-state index contributed by atoms with van der Waals surface area (Å²) in [6.07, 6.45) is 3.97. The molecule has 1 aliphatic heterocycles. The lowest BCUT2D eigenvalue weighted by atomic mass is 10.0. The van der Waals surface area contributed by atoms with Gasteiger partial charge in [0.2, 0.25) is 5.88 Å². The molecule has 0 aliphatic carbocycles. The van der Waals surface area contributed by atoms with Gasteiger partial charge < -0.3 is 19.1 Å². The third kappa shape index (κ3) is 7.00. The van der Waals surface area contributed by atoms with Gasteiger partial charge in [-0.2, -0.15) is 0 Å². The van der Waals surface area contributed by atoms with Crippen molar-refractivity contribution in [2.24, 2.45) is 0 Å². The summed E-state index contributed by atoms with van der Waals surface area (Å²) < 4.78 is 59.1. The molecule has 0 radical (unpaired) electrons. The Labute approximate surface area is 278 Å². The van der Waals surface area contributed by atoms with Crippen LogP contribution < -0.4 is 4.74 Å². The van der Waals surface area contributed by atoms with E-state index in [9.17, 15) is 14.3 Å². The second kappa shape index (κ2) is 13.6. The average molecular weight is 661 g/mol. The highest BCUT2D eigenvalue weighted by Crippen LogP contribution is 2.29. The number of rotatable bonds is 9. The lowest BCUT2D eigenvalue weighted by molar-refractivity contribution is -0.0589. The van der Waals surface area contributed by atoms with Gasteiger partial charge in [-0.05, 0) is 72.6 Å². The van der Waals surface area contributed by atoms with Crippen molar-refractivity contribution in [3.05, 3.63) is 142 Å². The van der Waals surface area contributed by atoms with E-state index >= 15 is 8.78 Å². The summed E-state index contributed by atoms with van der Waals surface area (Å²) in [6, 6.07) is 19.6. The zero-order valence-corrected chi connectivity index (χ0v) is 25.9. The lowest BCUT2D eigenvalue weighted by Gasteiger charge is -2.27. The molecule has 1 fully saturated rings. The number of aromatic nitrogens is 4. The molecule has 0 bridgehead atoms. The molecule has 1 aliphatic rings. The minimum absolute atomic E-state index is 0.0389. The van der Waals surface area contributed by atoms with E-state index in [0.29, 0.717) is 41.1 Å². The SMILES string of the molecule is O=C(O)c1ccc2nc(Cc3cc(F)c(-c4cccc(OCc5ccc(C#Cc6cccnc6)cc5F)n4)cc3F)n(C[C@@H]3CCO3)c2c1. The van der Waals surface area contributed by atoms with E-state index in [2.05, 4.69) is 26.8 Å². The van der Waals surface area contributed by atoms with Crippen LogP contribution in [0.2, 0.25) is 0 Å². The molecule has 0 unspecified atom stereocenters. The molecule has 0 spiro atoms. The maximum Gasteiger partial charge on any atom is 0.335 e. The number of ether oxygens (including phenoxy) is 2. The molecule has 6 aromatic rings. The second-order valence-electron chi connectivity index (χ2n) is 11.5. The highest BCUT2D eigenvalue weighted by Gasteiger charge is 2.24. The van der Waals surface area contributed by atoms with Crippen molar-refractivity contribution in [3.8, 4) is 29.0 Å². The molecular weight excluding hydrogens is 633 g/mol. The van der Waals surface area contributed by atoms with Gasteiger partial charge in [0.05, 0.1) is 34.9 Å². The fourth-order valence-electron chi connectivity index (χ4n) is 5.49. The fourth-order valence-corrected chi connectivity index (χ4v) is 5.49. The standard InChI is InChI=1S/C38H27F3N4O4/c39-30-15-23(6-7-24-3-2-13-42-20-24)8-9-26(30)22-49-37-5-1-4-33(44-37)29-19-31(40)27(16-32(29)41)18-36-43-34-11-10-25(38(46)47)17-35(34)45(36)21-28-12-14-48-28/h1-5,8-11,13,15-17,19-20,28H,12,14,18,21-22H2,(H,46,47)/t28-/m0/s1. The van der Waals surface area contributed by atoms with Gasteiger partial charge in [-0.1, -0.05) is 24.0 Å². The zero-order chi connectivity index (χ0) is 33.9. The van der Waals surface area contributed by atoms with E-state index in [4.69, 9.17) is 9.47 Å². The van der Waals surface area contributed by atoms with Crippen LogP contribution in [0.25, 0.3) is 22.3 Å². The highest BCUT2D eigenvalue weighted by molar-refractivity contribution is 5.92. The molecule has 1 N–H and O–H groups in total. The first-order chi connectivity index (χ1) is 23.8. The summed E-state index contributed by atoms with van der Waals surface area (Å²) in [6.45, 7) is 0.888. The summed E-state index contributed by atoms with van der Waals surface area (Å²) >= 11 is 0. The number of hydrogen-bond donors (Lipinski definition) is 1. The summed E-state index contributed by atoms with van der Waals surface area (Å²) in [5.41, 5.74) is 2.83. The largest absolute Gasteiger partial charge is 0.478 e. The number of pyridine rings is 2. The molecule has 7 rings (SSSR count). The Morgan fingerprint density at radius 3 is 2.51 bits per heavy atom. The summed E-state index contributed by atoms with van der Waals surface area (Å²) in [5, 5.41) is 9.49. The first-order valence-electron chi connectivity index (χ1n) is 15.4. The van der Waals surface area contributed by atoms with Gasteiger partial charge in [0.1, 0.15) is 29.9 Å². The van der Waals surface area contributed by atoms with Gasteiger partial charge >= 0.3 is 5.97 Å². The minimum atomic E-state index is -1.08. The number of aromatic carboxylic acids is 1. The van der Waals surface area contributed by atoms with Crippen molar-refractivity contribution in [1.29, 1.82) is 0 Å². The van der Waals surface area contributed by atoms with Crippen LogP contribution in [-0.4, -0.2) is 43.3 Å². The van der Waals surface area contributed by atoms with Gasteiger partial charge in [0, 0.05) is 53.7 Å². The molecule has 1 saturated heterocycles. The Bertz CT molecular complexity index is 2260.